The fourth-order valence-electron chi connectivity index (χ4n) is 5.30. The van der Waals surface area contributed by atoms with Gasteiger partial charge in [0.2, 0.25) is 0 Å². The minimum absolute atomic E-state index is 0.302. The highest BCUT2D eigenvalue weighted by atomic mass is 32.2. The van der Waals surface area contributed by atoms with E-state index < -0.39 is 5.97 Å². The number of carbonyl (C=O) groups excluding carboxylic acids is 1. The molecule has 1 aliphatic carbocycles. The van der Waals surface area contributed by atoms with Gasteiger partial charge in [-0.25, -0.2) is 0 Å². The summed E-state index contributed by atoms with van der Waals surface area (Å²) in [4.78, 5) is 28.0. The van der Waals surface area contributed by atoms with E-state index in [1.807, 2.05) is 6.08 Å². The predicted molar refractivity (Wildman–Crippen MR) is 115 cm³/mol. The maximum Gasteiger partial charge on any atom is 0.323 e. The standard InChI is InChI=1S/C21H22N2O3S2/c24-18(25)11-23-20(26)17(28-21(23)27)10-12-8-13-4-3-7-22-16-6-2-1-5-14(16)15(9-12)19(13)22/h8-10,14,16H,1-7,11H2,(H,24,25)/b17-10-. The number of thioether (sulfide) groups is 1. The van der Waals surface area contributed by atoms with Crippen molar-refractivity contribution in [2.45, 2.75) is 50.5 Å². The number of carboxylic acid groups (broad SMARTS) is 1. The Balaban J connectivity index is 1.52. The highest BCUT2D eigenvalue weighted by Crippen LogP contribution is 2.51. The van der Waals surface area contributed by atoms with Crippen LogP contribution in [-0.2, 0) is 16.0 Å². The van der Waals surface area contributed by atoms with Gasteiger partial charge in [-0.05, 0) is 60.6 Å². The monoisotopic (exact) mass is 414 g/mol. The first-order valence-electron chi connectivity index (χ1n) is 9.93. The molecule has 5 nitrogen and oxygen atoms in total. The van der Waals surface area contributed by atoms with Gasteiger partial charge in [0.25, 0.3) is 5.91 Å². The summed E-state index contributed by atoms with van der Waals surface area (Å²) in [6, 6.07) is 5.12. The molecule has 1 saturated carbocycles. The number of thiocarbonyl (C=S) groups is 1. The zero-order valence-corrected chi connectivity index (χ0v) is 17.2. The van der Waals surface area contributed by atoms with Crippen molar-refractivity contribution >= 4 is 51.9 Å². The number of hydrogen-bond acceptors (Lipinski definition) is 5. The predicted octanol–water partition coefficient (Wildman–Crippen LogP) is 3.76. The van der Waals surface area contributed by atoms with E-state index in [4.69, 9.17) is 17.3 Å². The zero-order valence-electron chi connectivity index (χ0n) is 15.5. The largest absolute Gasteiger partial charge is 0.480 e. The van der Waals surface area contributed by atoms with E-state index in [1.54, 1.807) is 0 Å². The second kappa shape index (κ2) is 6.88. The van der Waals surface area contributed by atoms with E-state index in [-0.39, 0.29) is 12.5 Å². The number of hydrogen-bond donors (Lipinski definition) is 1. The van der Waals surface area contributed by atoms with Gasteiger partial charge in [-0.2, -0.15) is 0 Å². The topological polar surface area (TPSA) is 60.9 Å². The molecular formula is C21H22N2O3S2. The van der Waals surface area contributed by atoms with E-state index in [2.05, 4.69) is 17.0 Å². The van der Waals surface area contributed by atoms with Crippen LogP contribution < -0.4 is 4.90 Å². The molecule has 146 valence electrons. The third kappa shape index (κ3) is 2.87. The van der Waals surface area contributed by atoms with Crippen molar-refractivity contribution in [2.24, 2.45) is 0 Å². The molecule has 0 radical (unpaired) electrons. The van der Waals surface area contributed by atoms with Crippen LogP contribution in [0.2, 0.25) is 0 Å². The van der Waals surface area contributed by atoms with Crippen LogP contribution in [0.5, 0.6) is 0 Å². The van der Waals surface area contributed by atoms with Crippen molar-refractivity contribution in [1.82, 2.24) is 4.90 Å². The molecule has 3 heterocycles. The fraction of sp³-hybridized carbons (Fsp3) is 0.476. The number of anilines is 1. The molecule has 0 bridgehead atoms. The molecule has 2 atom stereocenters. The minimum atomic E-state index is -1.05. The van der Waals surface area contributed by atoms with Crippen LogP contribution in [0.3, 0.4) is 0 Å². The summed E-state index contributed by atoms with van der Waals surface area (Å²) < 4.78 is 0.319. The molecule has 1 amide bonds. The smallest absolute Gasteiger partial charge is 0.323 e. The van der Waals surface area contributed by atoms with Crippen molar-refractivity contribution in [1.29, 1.82) is 0 Å². The molecular weight excluding hydrogens is 392 g/mol. The lowest BCUT2D eigenvalue weighted by atomic mass is 9.82. The maximum atomic E-state index is 12.6. The maximum absolute atomic E-state index is 12.6. The average Bonchev–Trinajstić information content (AvgIpc) is 3.13. The van der Waals surface area contributed by atoms with Crippen LogP contribution in [0, 0.1) is 0 Å². The summed E-state index contributed by atoms with van der Waals surface area (Å²) in [5.74, 6) is -0.748. The molecule has 0 aromatic heterocycles. The van der Waals surface area contributed by atoms with Crippen LogP contribution in [0.15, 0.2) is 17.0 Å². The second-order valence-corrected chi connectivity index (χ2v) is 9.71. The van der Waals surface area contributed by atoms with E-state index in [0.29, 0.717) is 21.2 Å². The third-order valence-electron chi connectivity index (χ3n) is 6.37. The van der Waals surface area contributed by atoms with E-state index in [0.717, 1.165) is 18.5 Å². The molecule has 7 heteroatoms. The zero-order chi connectivity index (χ0) is 19.4. The molecule has 2 fully saturated rings. The van der Waals surface area contributed by atoms with Crippen LogP contribution in [0.25, 0.3) is 6.08 Å². The molecule has 28 heavy (non-hydrogen) atoms. The summed E-state index contributed by atoms with van der Waals surface area (Å²) in [6.45, 7) is 0.782. The Hall–Kier alpha value is -1.86. The quantitative estimate of drug-likeness (QED) is 0.600. The van der Waals surface area contributed by atoms with E-state index in [1.165, 1.54) is 65.6 Å². The van der Waals surface area contributed by atoms with Gasteiger partial charge in [-0.1, -0.05) is 36.8 Å². The van der Waals surface area contributed by atoms with Gasteiger partial charge in [0.1, 0.15) is 10.9 Å². The van der Waals surface area contributed by atoms with Crippen molar-refractivity contribution in [3.8, 4) is 0 Å². The van der Waals surface area contributed by atoms with Crippen molar-refractivity contribution in [2.75, 3.05) is 18.0 Å². The number of amides is 1. The number of aliphatic carboxylic acids is 1. The Labute approximate surface area is 173 Å². The van der Waals surface area contributed by atoms with Gasteiger partial charge in [-0.3, -0.25) is 14.5 Å². The number of rotatable bonds is 3. The molecule has 5 rings (SSSR count). The van der Waals surface area contributed by atoms with Gasteiger partial charge < -0.3 is 10.0 Å². The molecule has 1 saturated heterocycles. The Morgan fingerprint density at radius 2 is 2.11 bits per heavy atom. The van der Waals surface area contributed by atoms with Crippen LogP contribution in [0.4, 0.5) is 5.69 Å². The van der Waals surface area contributed by atoms with Crippen molar-refractivity contribution in [3.63, 3.8) is 0 Å². The van der Waals surface area contributed by atoms with Crippen molar-refractivity contribution < 1.29 is 14.7 Å². The number of fused-ring (bicyclic) bond motifs is 3. The lowest BCUT2D eigenvalue weighted by Gasteiger charge is -2.36. The second-order valence-electron chi connectivity index (χ2n) is 8.03. The number of benzene rings is 1. The summed E-state index contributed by atoms with van der Waals surface area (Å²) in [5, 5.41) is 9.01. The third-order valence-corrected chi connectivity index (χ3v) is 7.74. The highest BCUT2D eigenvalue weighted by molar-refractivity contribution is 8.26. The molecule has 0 spiro atoms. The Morgan fingerprint density at radius 1 is 1.29 bits per heavy atom. The number of nitrogens with zero attached hydrogens (tertiary/aromatic N) is 2. The van der Waals surface area contributed by atoms with Gasteiger partial charge in [0.05, 0.1) is 4.91 Å². The molecule has 1 N–H and O–H groups in total. The molecule has 3 aliphatic heterocycles. The SMILES string of the molecule is O=C(O)CN1C(=O)/C(=C/c2cc3c4c(c2)C2CCCCC2N4CCC3)SC1=S. The number of aryl methyl sites for hydroxylation is 1. The molecule has 2 unspecified atom stereocenters. The number of carboxylic acids is 1. The first-order valence-corrected chi connectivity index (χ1v) is 11.2. The minimum Gasteiger partial charge on any atom is -0.480 e. The van der Waals surface area contributed by atoms with Gasteiger partial charge >= 0.3 is 5.97 Å². The first-order chi connectivity index (χ1) is 13.5. The Morgan fingerprint density at radius 3 is 2.93 bits per heavy atom. The summed E-state index contributed by atoms with van der Waals surface area (Å²) in [7, 11) is 0. The first kappa shape index (κ1) is 18.2. The highest BCUT2D eigenvalue weighted by Gasteiger charge is 2.42. The fourth-order valence-corrected chi connectivity index (χ4v) is 6.56. The normalized spacial score (nSPS) is 27.4. The van der Waals surface area contributed by atoms with Crippen molar-refractivity contribution in [3.05, 3.63) is 33.7 Å². The molecule has 1 aromatic carbocycles. The van der Waals surface area contributed by atoms with E-state index >= 15 is 0 Å². The average molecular weight is 415 g/mol. The molecule has 4 aliphatic rings. The summed E-state index contributed by atoms with van der Waals surface area (Å²) in [6.07, 6.45) is 9.30. The Bertz CT molecular complexity index is 926. The molecule has 1 aromatic rings. The lowest BCUT2D eigenvalue weighted by Crippen LogP contribution is -2.38. The lowest BCUT2D eigenvalue weighted by molar-refractivity contribution is -0.140. The van der Waals surface area contributed by atoms with Crippen LogP contribution in [-0.4, -0.2) is 45.3 Å². The van der Waals surface area contributed by atoms with Crippen LogP contribution >= 0.6 is 24.0 Å². The Kier molecular flexibility index (Phi) is 4.47. The summed E-state index contributed by atoms with van der Waals surface area (Å²) in [5.41, 5.74) is 5.34. The van der Waals surface area contributed by atoms with E-state index in [9.17, 15) is 9.59 Å². The van der Waals surface area contributed by atoms with Gasteiger partial charge in [-0.15, -0.1) is 0 Å². The van der Waals surface area contributed by atoms with Crippen LogP contribution in [0.1, 0.15) is 54.7 Å². The number of carbonyl (C=O) groups is 2. The van der Waals surface area contributed by atoms with Gasteiger partial charge in [0.15, 0.2) is 0 Å². The van der Waals surface area contributed by atoms with Gasteiger partial charge in [0, 0.05) is 24.2 Å². The summed E-state index contributed by atoms with van der Waals surface area (Å²) >= 11 is 6.41.